The third-order valence-electron chi connectivity index (χ3n) is 3.17. The largest absolute Gasteiger partial charge is 0.270 e. The summed E-state index contributed by atoms with van der Waals surface area (Å²) < 4.78 is 0. The van der Waals surface area contributed by atoms with E-state index in [4.69, 9.17) is 0 Å². The fourth-order valence-corrected chi connectivity index (χ4v) is 3.69. The Hall–Kier alpha value is -2.05. The molecular weight excluding hydrogens is 364 g/mol. The highest BCUT2D eigenvalue weighted by atomic mass is 79.9. The first-order valence-electron chi connectivity index (χ1n) is 6.55. The second-order valence-corrected chi connectivity index (χ2v) is 6.24. The van der Waals surface area contributed by atoms with Crippen molar-refractivity contribution < 1.29 is 4.92 Å². The van der Waals surface area contributed by atoms with Crippen LogP contribution < -0.4 is 0 Å². The van der Waals surface area contributed by atoms with Gasteiger partial charge in [0.05, 0.1) is 10.6 Å². The van der Waals surface area contributed by atoms with E-state index >= 15 is 0 Å². The van der Waals surface area contributed by atoms with Gasteiger partial charge in [-0.1, -0.05) is 58.4 Å². The molecule has 0 aliphatic heterocycles. The Morgan fingerprint density at radius 1 is 1.09 bits per heavy atom. The molecule has 110 valence electrons. The molecule has 1 aromatic heterocycles. The maximum absolute atomic E-state index is 10.9. The van der Waals surface area contributed by atoms with Crippen LogP contribution in [0.4, 0.5) is 5.69 Å². The lowest BCUT2D eigenvalue weighted by molar-refractivity contribution is -0.384. The molecule has 0 N–H and O–H groups in total. The van der Waals surface area contributed by atoms with Crippen LogP contribution in [-0.2, 0) is 5.33 Å². The van der Waals surface area contributed by atoms with Crippen LogP contribution >= 0.6 is 27.3 Å². The van der Waals surface area contributed by atoms with E-state index in [1.807, 2.05) is 36.4 Å². The van der Waals surface area contributed by atoms with E-state index in [2.05, 4.69) is 20.9 Å². The number of benzene rings is 2. The molecule has 0 unspecified atom stereocenters. The van der Waals surface area contributed by atoms with E-state index in [9.17, 15) is 10.1 Å². The summed E-state index contributed by atoms with van der Waals surface area (Å²) in [4.78, 5) is 16.3. The molecule has 0 amide bonds. The Bertz CT molecular complexity index is 818. The molecule has 0 bridgehead atoms. The number of aromatic nitrogens is 1. The number of nitrogens with zero attached hydrogens (tertiary/aromatic N) is 2. The number of alkyl halides is 1. The molecule has 4 nitrogen and oxygen atoms in total. The van der Waals surface area contributed by atoms with Gasteiger partial charge in [-0.05, 0) is 0 Å². The van der Waals surface area contributed by atoms with Crippen molar-refractivity contribution in [3.63, 3.8) is 0 Å². The van der Waals surface area contributed by atoms with E-state index in [1.54, 1.807) is 23.5 Å². The Labute approximate surface area is 139 Å². The molecule has 0 aliphatic rings. The summed E-state index contributed by atoms with van der Waals surface area (Å²) in [7, 11) is 0. The summed E-state index contributed by atoms with van der Waals surface area (Å²) >= 11 is 5.07. The molecule has 0 aliphatic carbocycles. The Morgan fingerprint density at radius 2 is 1.82 bits per heavy atom. The first-order chi connectivity index (χ1) is 10.7. The molecular formula is C16H11BrN2O2S. The van der Waals surface area contributed by atoms with Gasteiger partial charge in [-0.3, -0.25) is 10.1 Å². The molecule has 0 radical (unpaired) electrons. The summed E-state index contributed by atoms with van der Waals surface area (Å²) in [5.41, 5.74) is 2.69. The number of hydrogen-bond donors (Lipinski definition) is 0. The molecule has 3 aromatic rings. The van der Waals surface area contributed by atoms with Crippen LogP contribution in [0.25, 0.3) is 21.8 Å². The van der Waals surface area contributed by atoms with Gasteiger partial charge in [0.2, 0.25) is 0 Å². The van der Waals surface area contributed by atoms with Gasteiger partial charge in [-0.15, -0.1) is 11.3 Å². The van der Waals surface area contributed by atoms with Gasteiger partial charge in [-0.25, -0.2) is 4.98 Å². The Balaban J connectivity index is 2.09. The average Bonchev–Trinajstić information content (AvgIpc) is 3.00. The van der Waals surface area contributed by atoms with Gasteiger partial charge in [0.1, 0.15) is 5.01 Å². The molecule has 0 spiro atoms. The van der Waals surface area contributed by atoms with Crippen LogP contribution in [0.15, 0.2) is 54.6 Å². The molecule has 3 rings (SSSR count). The van der Waals surface area contributed by atoms with Crippen molar-refractivity contribution in [3.8, 4) is 21.8 Å². The van der Waals surface area contributed by atoms with Crippen LogP contribution in [0.3, 0.4) is 0 Å². The molecule has 0 saturated heterocycles. The minimum Gasteiger partial charge on any atom is -0.258 e. The van der Waals surface area contributed by atoms with Crippen LogP contribution in [0.2, 0.25) is 0 Å². The fourth-order valence-electron chi connectivity index (χ4n) is 2.14. The van der Waals surface area contributed by atoms with Gasteiger partial charge in [-0.2, -0.15) is 0 Å². The lowest BCUT2D eigenvalue weighted by Gasteiger charge is -1.99. The monoisotopic (exact) mass is 374 g/mol. The topological polar surface area (TPSA) is 56.0 Å². The molecule has 22 heavy (non-hydrogen) atoms. The summed E-state index contributed by atoms with van der Waals surface area (Å²) in [6.45, 7) is 0. The van der Waals surface area contributed by atoms with Gasteiger partial charge < -0.3 is 0 Å². The lowest BCUT2D eigenvalue weighted by atomic mass is 10.1. The zero-order valence-corrected chi connectivity index (χ0v) is 13.8. The second-order valence-electron chi connectivity index (χ2n) is 4.60. The van der Waals surface area contributed by atoms with Crippen molar-refractivity contribution in [1.29, 1.82) is 0 Å². The van der Waals surface area contributed by atoms with Crippen LogP contribution in [0.1, 0.15) is 4.88 Å². The number of thiazole rings is 1. The first-order valence-corrected chi connectivity index (χ1v) is 8.49. The smallest absolute Gasteiger partial charge is 0.258 e. The van der Waals surface area contributed by atoms with E-state index < -0.39 is 0 Å². The summed E-state index contributed by atoms with van der Waals surface area (Å²) in [5.74, 6) is 0. The number of nitro groups is 1. The molecule has 6 heteroatoms. The van der Waals surface area contributed by atoms with Crippen LogP contribution in [0, 0.1) is 10.1 Å². The second kappa shape index (κ2) is 6.37. The van der Waals surface area contributed by atoms with Gasteiger partial charge in [0, 0.05) is 33.5 Å². The maximum Gasteiger partial charge on any atom is 0.270 e. The van der Waals surface area contributed by atoms with Crippen molar-refractivity contribution in [2.24, 2.45) is 0 Å². The molecule has 0 saturated carbocycles. The molecule has 0 fully saturated rings. The standard InChI is InChI=1S/C16H11BrN2O2S/c17-10-14-15(12-7-4-8-13(9-12)19(20)21)18-16(22-14)11-5-2-1-3-6-11/h1-9H,10H2. The number of rotatable bonds is 4. The van der Waals surface area contributed by atoms with Crippen molar-refractivity contribution in [1.82, 2.24) is 4.98 Å². The van der Waals surface area contributed by atoms with Crippen LogP contribution in [-0.4, -0.2) is 9.91 Å². The predicted octanol–water partition coefficient (Wildman–Crippen LogP) is 5.28. The van der Waals surface area contributed by atoms with Gasteiger partial charge >= 0.3 is 0 Å². The summed E-state index contributed by atoms with van der Waals surface area (Å²) in [5, 5.41) is 12.5. The summed E-state index contributed by atoms with van der Waals surface area (Å²) in [6.07, 6.45) is 0. The van der Waals surface area contributed by atoms with E-state index in [0.29, 0.717) is 5.33 Å². The zero-order chi connectivity index (χ0) is 15.5. The maximum atomic E-state index is 10.9. The average molecular weight is 375 g/mol. The van der Waals surface area contributed by atoms with Gasteiger partial charge in [0.15, 0.2) is 0 Å². The SMILES string of the molecule is O=[N+]([O-])c1cccc(-c2nc(-c3ccccc3)sc2CBr)c1. The number of hydrogen-bond acceptors (Lipinski definition) is 4. The Kier molecular flexibility index (Phi) is 4.31. The number of non-ortho nitro benzene ring substituents is 1. The highest BCUT2D eigenvalue weighted by Gasteiger charge is 2.15. The van der Waals surface area contributed by atoms with E-state index in [1.165, 1.54) is 6.07 Å². The molecule has 1 heterocycles. The minimum absolute atomic E-state index is 0.0762. The normalized spacial score (nSPS) is 10.6. The van der Waals surface area contributed by atoms with Crippen molar-refractivity contribution in [3.05, 3.63) is 69.6 Å². The fraction of sp³-hybridized carbons (Fsp3) is 0.0625. The highest BCUT2D eigenvalue weighted by molar-refractivity contribution is 9.08. The summed E-state index contributed by atoms with van der Waals surface area (Å²) in [6, 6.07) is 16.5. The number of halogens is 1. The van der Waals surface area contributed by atoms with E-state index in [-0.39, 0.29) is 10.6 Å². The van der Waals surface area contributed by atoms with Gasteiger partial charge in [0.25, 0.3) is 5.69 Å². The highest BCUT2D eigenvalue weighted by Crippen LogP contribution is 2.36. The zero-order valence-electron chi connectivity index (χ0n) is 11.4. The van der Waals surface area contributed by atoms with Crippen molar-refractivity contribution in [2.45, 2.75) is 5.33 Å². The predicted molar refractivity (Wildman–Crippen MR) is 92.3 cm³/mol. The number of nitro benzene ring substituents is 1. The quantitative estimate of drug-likeness (QED) is 0.354. The van der Waals surface area contributed by atoms with Crippen LogP contribution in [0.5, 0.6) is 0 Å². The molecule has 2 aromatic carbocycles. The minimum atomic E-state index is -0.387. The van der Waals surface area contributed by atoms with Crippen molar-refractivity contribution in [2.75, 3.05) is 0 Å². The van der Waals surface area contributed by atoms with E-state index in [0.717, 1.165) is 26.7 Å². The third kappa shape index (κ3) is 2.93. The first kappa shape index (κ1) is 14.9. The van der Waals surface area contributed by atoms with Crippen molar-refractivity contribution >= 4 is 33.0 Å². The lowest BCUT2D eigenvalue weighted by Crippen LogP contribution is -1.89. The molecule has 0 atom stereocenters. The Morgan fingerprint density at radius 3 is 2.50 bits per heavy atom. The third-order valence-corrected chi connectivity index (χ3v) is 5.21.